The number of amides is 1. The van der Waals surface area contributed by atoms with E-state index >= 15 is 0 Å². The van der Waals surface area contributed by atoms with E-state index in [0.29, 0.717) is 5.82 Å². The Hall–Kier alpha value is -1.52. The van der Waals surface area contributed by atoms with E-state index in [1.54, 1.807) is 0 Å². The molecule has 1 amide bonds. The van der Waals surface area contributed by atoms with Crippen molar-refractivity contribution in [3.05, 3.63) is 11.5 Å². The molecule has 0 aromatic carbocycles. The van der Waals surface area contributed by atoms with Crippen molar-refractivity contribution in [2.75, 3.05) is 5.73 Å². The molecule has 0 saturated carbocycles. The molecule has 0 bridgehead atoms. The number of primary amides is 1. The lowest BCUT2D eigenvalue weighted by atomic mass is 10.2. The van der Waals surface area contributed by atoms with Crippen molar-refractivity contribution in [3.8, 4) is 0 Å². The van der Waals surface area contributed by atoms with Gasteiger partial charge in [0.15, 0.2) is 5.69 Å². The van der Waals surface area contributed by atoms with Crippen molar-refractivity contribution in [1.82, 2.24) is 9.55 Å². The molecule has 5 nitrogen and oxygen atoms in total. The Labute approximate surface area is 89.5 Å². The Kier molecular flexibility index (Phi) is 3.71. The Bertz CT molecular complexity index is 357. The zero-order chi connectivity index (χ0) is 11.4. The maximum absolute atomic E-state index is 11.0. The standard InChI is InChI=1S/C10H18N4O/c1-3-4-5-6-14-7(2)13-8(9(14)11)10(12)15/h3-6,11H2,1-2H3,(H2,12,15). The molecular formula is C10H18N4O. The Morgan fingerprint density at radius 2 is 2.13 bits per heavy atom. The maximum atomic E-state index is 11.0. The summed E-state index contributed by atoms with van der Waals surface area (Å²) in [4.78, 5) is 15.0. The van der Waals surface area contributed by atoms with Crippen LogP contribution in [-0.2, 0) is 6.54 Å². The summed E-state index contributed by atoms with van der Waals surface area (Å²) in [6.45, 7) is 4.76. The maximum Gasteiger partial charge on any atom is 0.271 e. The lowest BCUT2D eigenvalue weighted by molar-refractivity contribution is 0.0997. The quantitative estimate of drug-likeness (QED) is 0.712. The molecule has 0 aliphatic heterocycles. The van der Waals surface area contributed by atoms with Gasteiger partial charge in [-0.05, 0) is 13.3 Å². The average molecular weight is 210 g/mol. The normalized spacial score (nSPS) is 10.5. The Morgan fingerprint density at radius 3 is 2.60 bits per heavy atom. The largest absolute Gasteiger partial charge is 0.383 e. The van der Waals surface area contributed by atoms with Gasteiger partial charge in [0.05, 0.1) is 0 Å². The fourth-order valence-electron chi connectivity index (χ4n) is 1.57. The van der Waals surface area contributed by atoms with Crippen LogP contribution in [0.2, 0.25) is 0 Å². The topological polar surface area (TPSA) is 86.9 Å². The van der Waals surface area contributed by atoms with Gasteiger partial charge in [-0.25, -0.2) is 4.98 Å². The number of aryl methyl sites for hydroxylation is 1. The van der Waals surface area contributed by atoms with Crippen LogP contribution in [0.3, 0.4) is 0 Å². The average Bonchev–Trinajstić information content (AvgIpc) is 2.45. The van der Waals surface area contributed by atoms with Gasteiger partial charge in [-0.2, -0.15) is 0 Å². The number of carbonyl (C=O) groups excluding carboxylic acids is 1. The molecule has 1 heterocycles. The molecule has 0 fully saturated rings. The first kappa shape index (κ1) is 11.6. The van der Waals surface area contributed by atoms with E-state index in [4.69, 9.17) is 11.5 Å². The third-order valence-corrected chi connectivity index (χ3v) is 2.42. The summed E-state index contributed by atoms with van der Waals surface area (Å²) >= 11 is 0. The van der Waals surface area contributed by atoms with Crippen molar-refractivity contribution in [1.29, 1.82) is 0 Å². The predicted octanol–water partition coefficient (Wildman–Crippen LogP) is 1.06. The van der Waals surface area contributed by atoms with Crippen LogP contribution >= 0.6 is 0 Å². The number of carbonyl (C=O) groups is 1. The van der Waals surface area contributed by atoms with Gasteiger partial charge in [-0.3, -0.25) is 4.79 Å². The number of rotatable bonds is 5. The van der Waals surface area contributed by atoms with Gasteiger partial charge in [0, 0.05) is 6.54 Å². The number of hydrogen-bond acceptors (Lipinski definition) is 3. The van der Waals surface area contributed by atoms with Crippen LogP contribution in [0.4, 0.5) is 5.82 Å². The highest BCUT2D eigenvalue weighted by Crippen LogP contribution is 2.14. The second-order valence-corrected chi connectivity index (χ2v) is 3.62. The summed E-state index contributed by atoms with van der Waals surface area (Å²) in [5.41, 5.74) is 11.1. The molecule has 4 N–H and O–H groups in total. The molecule has 0 aliphatic carbocycles. The van der Waals surface area contributed by atoms with Crippen molar-refractivity contribution in [2.24, 2.45) is 5.73 Å². The molecule has 0 spiro atoms. The molecular weight excluding hydrogens is 192 g/mol. The predicted molar refractivity (Wildman–Crippen MR) is 59.4 cm³/mol. The SMILES string of the molecule is CCCCCn1c(C)nc(C(N)=O)c1N. The number of imidazole rings is 1. The number of hydrogen-bond donors (Lipinski definition) is 2. The summed E-state index contributed by atoms with van der Waals surface area (Å²) in [5, 5.41) is 0. The summed E-state index contributed by atoms with van der Waals surface area (Å²) < 4.78 is 1.84. The van der Waals surface area contributed by atoms with Crippen LogP contribution < -0.4 is 11.5 Å². The van der Waals surface area contributed by atoms with Gasteiger partial charge in [-0.15, -0.1) is 0 Å². The molecule has 1 aromatic rings. The van der Waals surface area contributed by atoms with E-state index in [-0.39, 0.29) is 5.69 Å². The van der Waals surface area contributed by atoms with E-state index < -0.39 is 5.91 Å². The Balaban J connectivity index is 2.83. The van der Waals surface area contributed by atoms with Gasteiger partial charge in [-0.1, -0.05) is 19.8 Å². The number of nitrogen functional groups attached to an aromatic ring is 1. The second kappa shape index (κ2) is 4.82. The number of nitrogens with two attached hydrogens (primary N) is 2. The monoisotopic (exact) mass is 210 g/mol. The second-order valence-electron chi connectivity index (χ2n) is 3.62. The van der Waals surface area contributed by atoms with Gasteiger partial charge in [0.2, 0.25) is 0 Å². The molecule has 0 unspecified atom stereocenters. The van der Waals surface area contributed by atoms with Gasteiger partial charge < -0.3 is 16.0 Å². The zero-order valence-corrected chi connectivity index (χ0v) is 9.29. The van der Waals surface area contributed by atoms with Gasteiger partial charge in [0.1, 0.15) is 11.6 Å². The molecule has 0 aliphatic rings. The molecule has 15 heavy (non-hydrogen) atoms. The first-order valence-corrected chi connectivity index (χ1v) is 5.20. The van der Waals surface area contributed by atoms with E-state index in [1.165, 1.54) is 0 Å². The van der Waals surface area contributed by atoms with Crippen LogP contribution in [0.25, 0.3) is 0 Å². The van der Waals surface area contributed by atoms with Crippen LogP contribution in [0, 0.1) is 6.92 Å². The lowest BCUT2D eigenvalue weighted by Gasteiger charge is -2.06. The van der Waals surface area contributed by atoms with Gasteiger partial charge in [0.25, 0.3) is 5.91 Å². The number of aromatic nitrogens is 2. The number of unbranched alkanes of at least 4 members (excludes halogenated alkanes) is 2. The summed E-state index contributed by atoms with van der Waals surface area (Å²) in [6, 6.07) is 0. The van der Waals surface area contributed by atoms with Crippen LogP contribution in [-0.4, -0.2) is 15.5 Å². The highest BCUT2D eigenvalue weighted by molar-refractivity contribution is 5.95. The summed E-state index contributed by atoms with van der Waals surface area (Å²) in [5.74, 6) is 0.568. The fourth-order valence-corrected chi connectivity index (χ4v) is 1.57. The zero-order valence-electron chi connectivity index (χ0n) is 9.29. The van der Waals surface area contributed by atoms with Crippen LogP contribution in [0.15, 0.2) is 0 Å². The summed E-state index contributed by atoms with van der Waals surface area (Å²) in [7, 11) is 0. The van der Waals surface area contributed by atoms with Crippen LogP contribution in [0.5, 0.6) is 0 Å². The van der Waals surface area contributed by atoms with Crippen molar-refractivity contribution in [3.63, 3.8) is 0 Å². The molecule has 0 saturated heterocycles. The number of nitrogens with zero attached hydrogens (tertiary/aromatic N) is 2. The van der Waals surface area contributed by atoms with Crippen molar-refractivity contribution < 1.29 is 4.79 Å². The molecule has 5 heteroatoms. The van der Waals surface area contributed by atoms with Crippen molar-refractivity contribution >= 4 is 11.7 Å². The van der Waals surface area contributed by atoms with E-state index in [9.17, 15) is 4.79 Å². The minimum Gasteiger partial charge on any atom is -0.383 e. The highest BCUT2D eigenvalue weighted by atomic mass is 16.1. The summed E-state index contributed by atoms with van der Waals surface area (Å²) in [6.07, 6.45) is 3.33. The van der Waals surface area contributed by atoms with E-state index in [1.807, 2.05) is 11.5 Å². The molecule has 0 atom stereocenters. The van der Waals surface area contributed by atoms with E-state index in [0.717, 1.165) is 31.6 Å². The first-order valence-electron chi connectivity index (χ1n) is 5.20. The third kappa shape index (κ3) is 2.49. The fraction of sp³-hybridized carbons (Fsp3) is 0.600. The molecule has 1 rings (SSSR count). The Morgan fingerprint density at radius 1 is 1.47 bits per heavy atom. The minimum atomic E-state index is -0.565. The minimum absolute atomic E-state index is 0.184. The molecule has 1 aromatic heterocycles. The number of anilines is 1. The van der Waals surface area contributed by atoms with Gasteiger partial charge >= 0.3 is 0 Å². The lowest BCUT2D eigenvalue weighted by Crippen LogP contribution is -2.14. The van der Waals surface area contributed by atoms with Crippen molar-refractivity contribution in [2.45, 2.75) is 39.7 Å². The molecule has 84 valence electrons. The molecule has 0 radical (unpaired) electrons. The third-order valence-electron chi connectivity index (χ3n) is 2.42. The highest BCUT2D eigenvalue weighted by Gasteiger charge is 2.15. The smallest absolute Gasteiger partial charge is 0.271 e. The first-order chi connectivity index (χ1) is 7.07. The van der Waals surface area contributed by atoms with E-state index in [2.05, 4.69) is 11.9 Å². The van der Waals surface area contributed by atoms with Crippen LogP contribution in [0.1, 0.15) is 42.5 Å².